The highest BCUT2D eigenvalue weighted by Crippen LogP contribution is 2.22. The van der Waals surface area contributed by atoms with Crippen LogP contribution >= 0.6 is 0 Å². The van der Waals surface area contributed by atoms with Crippen molar-refractivity contribution in [1.82, 2.24) is 0 Å². The Hall–Kier alpha value is -0.950. The largest absolute Gasteiger partial charge is 0.451 e. The van der Waals surface area contributed by atoms with Gasteiger partial charge in [-0.3, -0.25) is 0 Å². The highest BCUT2D eigenvalue weighted by Gasteiger charge is 2.39. The summed E-state index contributed by atoms with van der Waals surface area (Å²) >= 11 is 0. The highest BCUT2D eigenvalue weighted by molar-refractivity contribution is 5.87. The summed E-state index contributed by atoms with van der Waals surface area (Å²) in [7, 11) is 0. The first-order valence-electron chi connectivity index (χ1n) is 4.94. The lowest BCUT2D eigenvalue weighted by Crippen LogP contribution is -2.51. The minimum Gasteiger partial charge on any atom is -0.451 e. The third-order valence-electron chi connectivity index (χ3n) is 2.29. The topological polar surface area (TPSA) is 96.2 Å². The van der Waals surface area contributed by atoms with E-state index in [1.54, 1.807) is 0 Å². The van der Waals surface area contributed by atoms with Crippen LogP contribution in [0.5, 0.6) is 0 Å². The number of ether oxygens (including phenoxy) is 2. The number of hydrogen-bond acceptors (Lipinski definition) is 6. The van der Waals surface area contributed by atoms with Crippen molar-refractivity contribution < 1.29 is 29.6 Å². The van der Waals surface area contributed by atoms with Gasteiger partial charge < -0.3 is 24.8 Å². The third-order valence-corrected chi connectivity index (χ3v) is 2.29. The van der Waals surface area contributed by atoms with Crippen LogP contribution < -0.4 is 0 Å². The predicted octanol–water partition coefficient (Wildman–Crippen LogP) is -1.07. The second-order valence-corrected chi connectivity index (χ2v) is 3.78. The fourth-order valence-corrected chi connectivity index (χ4v) is 1.40. The Labute approximate surface area is 93.1 Å². The molecule has 0 radical (unpaired) electrons. The van der Waals surface area contributed by atoms with Crippen LogP contribution in [-0.2, 0) is 14.3 Å². The Morgan fingerprint density at radius 2 is 2.19 bits per heavy atom. The number of hydrogen-bond donors (Lipinski definition) is 3. The van der Waals surface area contributed by atoms with Gasteiger partial charge in [0.2, 0.25) is 0 Å². The fraction of sp³-hybridized carbons (Fsp3) is 0.700. The quantitative estimate of drug-likeness (QED) is 0.424. The Balaban J connectivity index is 2.60. The molecule has 92 valence electrons. The summed E-state index contributed by atoms with van der Waals surface area (Å²) < 4.78 is 9.76. The van der Waals surface area contributed by atoms with E-state index in [0.29, 0.717) is 0 Å². The Bertz CT molecular complexity index is 264. The summed E-state index contributed by atoms with van der Waals surface area (Å²) in [5.41, 5.74) is 0.170. The standard InChI is InChI=1S/C10H16O6/c1-5(2)9(13)16-8-7(12)3-6(4-11)15-10(8)14/h6-8,10-12,14H,1,3-4H2,2H3/t6-,7-,8+,10-/m0/s1. The minimum absolute atomic E-state index is 0.0989. The molecule has 0 bridgehead atoms. The number of aliphatic hydroxyl groups is 3. The molecular weight excluding hydrogens is 216 g/mol. The summed E-state index contributed by atoms with van der Waals surface area (Å²) in [5.74, 6) is -0.700. The van der Waals surface area contributed by atoms with E-state index < -0.39 is 30.6 Å². The first kappa shape index (κ1) is 13.1. The number of carbonyl (C=O) groups is 1. The van der Waals surface area contributed by atoms with Crippen molar-refractivity contribution in [2.24, 2.45) is 0 Å². The molecule has 3 N–H and O–H groups in total. The van der Waals surface area contributed by atoms with Crippen molar-refractivity contribution in [1.29, 1.82) is 0 Å². The molecule has 6 nitrogen and oxygen atoms in total. The zero-order chi connectivity index (χ0) is 12.3. The summed E-state index contributed by atoms with van der Waals surface area (Å²) in [6.07, 6.45) is -4.20. The van der Waals surface area contributed by atoms with Crippen molar-refractivity contribution >= 4 is 5.97 Å². The van der Waals surface area contributed by atoms with Gasteiger partial charge in [-0.1, -0.05) is 6.58 Å². The maximum Gasteiger partial charge on any atom is 0.333 e. The van der Waals surface area contributed by atoms with Crippen LogP contribution in [0.2, 0.25) is 0 Å². The van der Waals surface area contributed by atoms with E-state index in [9.17, 15) is 15.0 Å². The van der Waals surface area contributed by atoms with Gasteiger partial charge in [-0.25, -0.2) is 4.79 Å². The summed E-state index contributed by atoms with van der Waals surface area (Å²) in [4.78, 5) is 11.2. The first-order valence-corrected chi connectivity index (χ1v) is 4.94. The minimum atomic E-state index is -1.44. The van der Waals surface area contributed by atoms with Gasteiger partial charge in [0.25, 0.3) is 0 Å². The normalized spacial score (nSPS) is 34.5. The number of aliphatic hydroxyl groups excluding tert-OH is 3. The lowest BCUT2D eigenvalue weighted by atomic mass is 10.0. The Kier molecular flexibility index (Phi) is 4.43. The van der Waals surface area contributed by atoms with Crippen molar-refractivity contribution in [3.05, 3.63) is 12.2 Å². The lowest BCUT2D eigenvalue weighted by Gasteiger charge is -2.35. The summed E-state index contributed by atoms with van der Waals surface area (Å²) in [6, 6.07) is 0. The van der Waals surface area contributed by atoms with E-state index in [-0.39, 0.29) is 18.6 Å². The van der Waals surface area contributed by atoms with Gasteiger partial charge in [-0.2, -0.15) is 0 Å². The molecule has 1 aliphatic heterocycles. The van der Waals surface area contributed by atoms with Gasteiger partial charge in [0.05, 0.1) is 18.8 Å². The van der Waals surface area contributed by atoms with E-state index in [2.05, 4.69) is 6.58 Å². The van der Waals surface area contributed by atoms with E-state index in [1.165, 1.54) is 6.92 Å². The molecule has 6 heteroatoms. The van der Waals surface area contributed by atoms with E-state index in [4.69, 9.17) is 14.6 Å². The molecule has 1 fully saturated rings. The fourth-order valence-electron chi connectivity index (χ4n) is 1.40. The van der Waals surface area contributed by atoms with Crippen LogP contribution in [0.1, 0.15) is 13.3 Å². The lowest BCUT2D eigenvalue weighted by molar-refractivity contribution is -0.258. The van der Waals surface area contributed by atoms with Crippen LogP contribution in [0.25, 0.3) is 0 Å². The van der Waals surface area contributed by atoms with Gasteiger partial charge in [-0.05, 0) is 6.92 Å². The average molecular weight is 232 g/mol. The molecule has 1 saturated heterocycles. The number of rotatable bonds is 3. The number of esters is 1. The Morgan fingerprint density at radius 3 is 2.62 bits per heavy atom. The van der Waals surface area contributed by atoms with Gasteiger partial charge >= 0.3 is 5.97 Å². The predicted molar refractivity (Wildman–Crippen MR) is 53.3 cm³/mol. The first-order chi connectivity index (χ1) is 7.45. The van der Waals surface area contributed by atoms with Crippen LogP contribution in [0.3, 0.4) is 0 Å². The molecule has 4 atom stereocenters. The second kappa shape index (κ2) is 5.40. The smallest absolute Gasteiger partial charge is 0.333 e. The summed E-state index contributed by atoms with van der Waals surface area (Å²) in [5, 5.41) is 27.9. The molecule has 0 unspecified atom stereocenters. The van der Waals surface area contributed by atoms with Gasteiger partial charge in [0, 0.05) is 12.0 Å². The van der Waals surface area contributed by atoms with E-state index in [1.807, 2.05) is 0 Å². The molecule has 16 heavy (non-hydrogen) atoms. The van der Waals surface area contributed by atoms with Crippen LogP contribution in [0.4, 0.5) is 0 Å². The molecule has 0 amide bonds. The van der Waals surface area contributed by atoms with Crippen molar-refractivity contribution in [2.45, 2.75) is 37.9 Å². The average Bonchev–Trinajstić information content (AvgIpc) is 2.22. The van der Waals surface area contributed by atoms with Crippen LogP contribution in [0.15, 0.2) is 12.2 Å². The third kappa shape index (κ3) is 3.02. The van der Waals surface area contributed by atoms with E-state index in [0.717, 1.165) is 0 Å². The van der Waals surface area contributed by atoms with Gasteiger partial charge in [-0.15, -0.1) is 0 Å². The van der Waals surface area contributed by atoms with Crippen LogP contribution in [0, 0.1) is 0 Å². The molecule has 0 aromatic rings. The zero-order valence-electron chi connectivity index (χ0n) is 9.00. The maximum atomic E-state index is 11.2. The van der Waals surface area contributed by atoms with Gasteiger partial charge in [0.15, 0.2) is 12.4 Å². The molecule has 1 rings (SSSR count). The molecular formula is C10H16O6. The van der Waals surface area contributed by atoms with Crippen LogP contribution in [-0.4, -0.2) is 52.5 Å². The summed E-state index contributed by atoms with van der Waals surface area (Å²) in [6.45, 7) is 4.53. The Morgan fingerprint density at radius 1 is 1.56 bits per heavy atom. The molecule has 0 aromatic carbocycles. The molecule has 0 aliphatic carbocycles. The second-order valence-electron chi connectivity index (χ2n) is 3.78. The van der Waals surface area contributed by atoms with E-state index >= 15 is 0 Å². The van der Waals surface area contributed by atoms with Crippen molar-refractivity contribution in [3.8, 4) is 0 Å². The van der Waals surface area contributed by atoms with Crippen molar-refractivity contribution in [2.75, 3.05) is 6.61 Å². The highest BCUT2D eigenvalue weighted by atomic mass is 16.7. The molecule has 0 spiro atoms. The van der Waals surface area contributed by atoms with Gasteiger partial charge in [0.1, 0.15) is 0 Å². The monoisotopic (exact) mass is 232 g/mol. The van der Waals surface area contributed by atoms with Crippen molar-refractivity contribution in [3.63, 3.8) is 0 Å². The zero-order valence-corrected chi connectivity index (χ0v) is 9.00. The number of carbonyl (C=O) groups excluding carboxylic acids is 1. The molecule has 1 heterocycles. The molecule has 0 saturated carbocycles. The molecule has 0 aromatic heterocycles. The maximum absolute atomic E-state index is 11.2. The molecule has 1 aliphatic rings. The SMILES string of the molecule is C=C(C)C(=O)O[C@@H]1[C@@H](O)C[C@@H](CO)O[C@@H]1O.